The van der Waals surface area contributed by atoms with Crippen LogP contribution in [0.2, 0.25) is 10.0 Å². The van der Waals surface area contributed by atoms with Crippen LogP contribution in [0.15, 0.2) is 53.5 Å². The molecule has 5 heteroatoms. The van der Waals surface area contributed by atoms with Gasteiger partial charge in [-0.05, 0) is 24.3 Å². The van der Waals surface area contributed by atoms with E-state index >= 15 is 0 Å². The quantitative estimate of drug-likeness (QED) is 0.644. The van der Waals surface area contributed by atoms with Crippen molar-refractivity contribution in [3.63, 3.8) is 0 Å². The summed E-state index contributed by atoms with van der Waals surface area (Å²) < 4.78 is 0. The molecule has 2 aromatic carbocycles. The Morgan fingerprint density at radius 2 is 1.56 bits per heavy atom. The molecule has 0 spiro atoms. The maximum atomic E-state index is 6.00. The van der Waals surface area contributed by atoms with Crippen molar-refractivity contribution in [1.82, 2.24) is 0 Å². The number of guanidine groups is 1. The number of anilines is 1. The number of rotatable bonds is 2. The van der Waals surface area contributed by atoms with Crippen LogP contribution in [0.1, 0.15) is 0 Å². The fraction of sp³-hybridized carbons (Fsp3) is 0. The highest BCUT2D eigenvalue weighted by Crippen LogP contribution is 2.32. The van der Waals surface area contributed by atoms with Gasteiger partial charge in [-0.1, -0.05) is 47.5 Å². The maximum Gasteiger partial charge on any atom is 0.198 e. The number of hydrogen-bond donors (Lipinski definition) is 2. The number of nitrogens with two attached hydrogens (primary N) is 1. The van der Waals surface area contributed by atoms with Gasteiger partial charge in [0.25, 0.3) is 0 Å². The third kappa shape index (κ3) is 3.15. The Hall–Kier alpha value is -1.71. The van der Waals surface area contributed by atoms with Crippen molar-refractivity contribution in [3.8, 4) is 0 Å². The minimum absolute atomic E-state index is 0.233. The van der Waals surface area contributed by atoms with Crippen LogP contribution in [-0.4, -0.2) is 5.96 Å². The second-order valence-electron chi connectivity index (χ2n) is 3.56. The Labute approximate surface area is 115 Å². The van der Waals surface area contributed by atoms with Crippen LogP contribution in [0.5, 0.6) is 0 Å². The molecule has 0 saturated heterocycles. The van der Waals surface area contributed by atoms with Gasteiger partial charge in [-0.15, -0.1) is 0 Å². The predicted octanol–water partition coefficient (Wildman–Crippen LogP) is 4.05. The first-order valence-corrected chi connectivity index (χ1v) is 6.02. The van der Waals surface area contributed by atoms with E-state index in [1.165, 1.54) is 0 Å². The van der Waals surface area contributed by atoms with E-state index in [0.717, 1.165) is 5.69 Å². The highest BCUT2D eigenvalue weighted by Gasteiger charge is 2.04. The van der Waals surface area contributed by atoms with Gasteiger partial charge in [-0.25, -0.2) is 4.99 Å². The Morgan fingerprint density at radius 1 is 0.944 bits per heavy atom. The first-order chi connectivity index (χ1) is 8.66. The summed E-state index contributed by atoms with van der Waals surface area (Å²) in [6.07, 6.45) is 0. The fourth-order valence-electron chi connectivity index (χ4n) is 1.41. The van der Waals surface area contributed by atoms with Crippen LogP contribution >= 0.6 is 23.2 Å². The van der Waals surface area contributed by atoms with E-state index in [-0.39, 0.29) is 5.96 Å². The molecule has 0 aliphatic heterocycles. The monoisotopic (exact) mass is 279 g/mol. The number of nitrogens with one attached hydrogen (secondary N) is 1. The molecular formula is C13H11Cl2N3. The second kappa shape index (κ2) is 5.76. The maximum absolute atomic E-state index is 6.00. The smallest absolute Gasteiger partial charge is 0.198 e. The topological polar surface area (TPSA) is 50.4 Å². The highest BCUT2D eigenvalue weighted by atomic mass is 35.5. The minimum Gasteiger partial charge on any atom is -0.369 e. The summed E-state index contributed by atoms with van der Waals surface area (Å²) in [6, 6.07) is 14.7. The molecule has 0 heterocycles. The van der Waals surface area contributed by atoms with Gasteiger partial charge in [0, 0.05) is 5.69 Å². The number of benzene rings is 2. The standard InChI is InChI=1S/C13H11Cl2N3/c14-10-7-4-8-11(15)12(10)18-13(16)17-9-5-2-1-3-6-9/h1-8H,(H3,16,17,18). The normalized spacial score (nSPS) is 11.3. The fourth-order valence-corrected chi connectivity index (χ4v) is 1.90. The van der Waals surface area contributed by atoms with Gasteiger partial charge in [-0.2, -0.15) is 0 Å². The lowest BCUT2D eigenvalue weighted by molar-refractivity contribution is 1.44. The molecule has 3 nitrogen and oxygen atoms in total. The molecule has 0 atom stereocenters. The summed E-state index contributed by atoms with van der Waals surface area (Å²) in [6.45, 7) is 0. The zero-order valence-corrected chi connectivity index (χ0v) is 10.9. The molecule has 0 amide bonds. The summed E-state index contributed by atoms with van der Waals surface area (Å²) in [7, 11) is 0. The molecule has 0 radical (unpaired) electrons. The largest absolute Gasteiger partial charge is 0.369 e. The lowest BCUT2D eigenvalue weighted by atomic mass is 10.3. The van der Waals surface area contributed by atoms with Crippen LogP contribution in [-0.2, 0) is 0 Å². The predicted molar refractivity (Wildman–Crippen MR) is 77.8 cm³/mol. The van der Waals surface area contributed by atoms with Gasteiger partial charge >= 0.3 is 0 Å². The van der Waals surface area contributed by atoms with Crippen LogP contribution in [0.4, 0.5) is 11.4 Å². The molecule has 0 aliphatic carbocycles. The van der Waals surface area contributed by atoms with Crippen molar-refractivity contribution in [2.24, 2.45) is 10.7 Å². The molecule has 0 bridgehead atoms. The van der Waals surface area contributed by atoms with Crippen LogP contribution in [0.3, 0.4) is 0 Å². The summed E-state index contributed by atoms with van der Waals surface area (Å²) in [5, 5.41) is 3.87. The third-order valence-electron chi connectivity index (χ3n) is 2.22. The molecule has 0 aliphatic rings. The lowest BCUT2D eigenvalue weighted by Crippen LogP contribution is -2.21. The summed E-state index contributed by atoms with van der Waals surface area (Å²) in [4.78, 5) is 4.17. The SMILES string of the molecule is NC(=Nc1c(Cl)cccc1Cl)Nc1ccccc1. The van der Waals surface area contributed by atoms with Crippen LogP contribution in [0.25, 0.3) is 0 Å². The van der Waals surface area contributed by atoms with Crippen molar-refractivity contribution >= 4 is 40.5 Å². The van der Waals surface area contributed by atoms with Crippen LogP contribution in [0, 0.1) is 0 Å². The zero-order valence-electron chi connectivity index (χ0n) is 9.40. The van der Waals surface area contributed by atoms with Crippen molar-refractivity contribution in [2.45, 2.75) is 0 Å². The van der Waals surface area contributed by atoms with E-state index in [1.807, 2.05) is 30.3 Å². The number of aliphatic imine (C=N–C) groups is 1. The summed E-state index contributed by atoms with van der Waals surface area (Å²) in [5.41, 5.74) is 7.11. The third-order valence-corrected chi connectivity index (χ3v) is 2.83. The Balaban J connectivity index is 2.23. The second-order valence-corrected chi connectivity index (χ2v) is 4.37. The number of nitrogens with zero attached hydrogens (tertiary/aromatic N) is 1. The van der Waals surface area contributed by atoms with Gasteiger partial charge < -0.3 is 11.1 Å². The van der Waals surface area contributed by atoms with E-state index in [9.17, 15) is 0 Å². The van der Waals surface area contributed by atoms with Crippen molar-refractivity contribution in [1.29, 1.82) is 0 Å². The van der Waals surface area contributed by atoms with Gasteiger partial charge in [0.2, 0.25) is 0 Å². The molecule has 2 rings (SSSR count). The molecule has 0 saturated carbocycles. The Kier molecular flexibility index (Phi) is 4.07. The molecule has 92 valence electrons. The van der Waals surface area contributed by atoms with Crippen molar-refractivity contribution in [2.75, 3.05) is 5.32 Å². The average Bonchev–Trinajstić information content (AvgIpc) is 2.35. The van der Waals surface area contributed by atoms with E-state index in [1.54, 1.807) is 18.2 Å². The van der Waals surface area contributed by atoms with E-state index in [2.05, 4.69) is 10.3 Å². The van der Waals surface area contributed by atoms with Gasteiger partial charge in [-0.3, -0.25) is 0 Å². The van der Waals surface area contributed by atoms with Gasteiger partial charge in [0.1, 0.15) is 5.69 Å². The number of halogens is 2. The Bertz CT molecular complexity index is 547. The number of hydrogen-bond acceptors (Lipinski definition) is 1. The summed E-state index contributed by atoms with van der Waals surface area (Å²) in [5.74, 6) is 0.233. The van der Waals surface area contributed by atoms with E-state index in [0.29, 0.717) is 15.7 Å². The van der Waals surface area contributed by atoms with E-state index < -0.39 is 0 Å². The average molecular weight is 280 g/mol. The zero-order chi connectivity index (χ0) is 13.0. The summed E-state index contributed by atoms with van der Waals surface area (Å²) >= 11 is 12.0. The highest BCUT2D eigenvalue weighted by molar-refractivity contribution is 6.38. The first kappa shape index (κ1) is 12.7. The van der Waals surface area contributed by atoms with E-state index in [4.69, 9.17) is 28.9 Å². The Morgan fingerprint density at radius 3 is 2.17 bits per heavy atom. The molecule has 0 unspecified atom stereocenters. The molecular weight excluding hydrogens is 269 g/mol. The molecule has 0 aromatic heterocycles. The molecule has 0 fully saturated rings. The number of para-hydroxylation sites is 2. The minimum atomic E-state index is 0.233. The van der Waals surface area contributed by atoms with Crippen molar-refractivity contribution < 1.29 is 0 Å². The lowest BCUT2D eigenvalue weighted by Gasteiger charge is -2.06. The van der Waals surface area contributed by atoms with Crippen molar-refractivity contribution in [3.05, 3.63) is 58.6 Å². The first-order valence-electron chi connectivity index (χ1n) is 5.27. The molecule has 18 heavy (non-hydrogen) atoms. The van der Waals surface area contributed by atoms with Gasteiger partial charge in [0.05, 0.1) is 10.0 Å². The molecule has 3 N–H and O–H groups in total. The van der Waals surface area contributed by atoms with Gasteiger partial charge in [0.15, 0.2) is 5.96 Å². The molecule has 2 aromatic rings. The van der Waals surface area contributed by atoms with Crippen LogP contribution < -0.4 is 11.1 Å².